The van der Waals surface area contributed by atoms with Gasteiger partial charge < -0.3 is 10.6 Å². The summed E-state index contributed by atoms with van der Waals surface area (Å²) in [4.78, 5) is 6.77. The maximum Gasteiger partial charge on any atom is 0.104 e. The predicted molar refractivity (Wildman–Crippen MR) is 86.6 cm³/mol. The van der Waals surface area contributed by atoms with Gasteiger partial charge in [0.1, 0.15) is 4.99 Å². The number of thiocarbonyl (C=S) groups is 1. The summed E-state index contributed by atoms with van der Waals surface area (Å²) in [6.07, 6.45) is 4.67. The van der Waals surface area contributed by atoms with Crippen molar-refractivity contribution >= 4 is 17.2 Å². The van der Waals surface area contributed by atoms with Crippen molar-refractivity contribution in [3.8, 4) is 0 Å². The second-order valence-corrected chi connectivity index (χ2v) is 5.30. The number of benzene rings is 1. The molecular weight excluding hydrogens is 266 g/mol. The van der Waals surface area contributed by atoms with Crippen molar-refractivity contribution in [3.63, 3.8) is 0 Å². The van der Waals surface area contributed by atoms with E-state index in [0.29, 0.717) is 4.99 Å². The molecule has 3 nitrogen and oxygen atoms in total. The normalized spacial score (nSPS) is 10.7. The standard InChI is InChI=1S/C16H19N3S/c1-19(11-8-13-6-9-18-10-7-13)12-14-4-2-3-5-15(14)16(17)20/h2-7,9-10H,8,11-12H2,1H3,(H2,17,20). The van der Waals surface area contributed by atoms with Crippen LogP contribution in [0.15, 0.2) is 48.8 Å². The van der Waals surface area contributed by atoms with E-state index in [-0.39, 0.29) is 0 Å². The molecule has 1 heterocycles. The van der Waals surface area contributed by atoms with Crippen molar-refractivity contribution in [3.05, 3.63) is 65.5 Å². The third-order valence-electron chi connectivity index (χ3n) is 3.25. The fourth-order valence-electron chi connectivity index (χ4n) is 2.14. The van der Waals surface area contributed by atoms with Crippen molar-refractivity contribution in [2.45, 2.75) is 13.0 Å². The molecule has 2 rings (SSSR count). The Labute approximate surface area is 125 Å². The van der Waals surface area contributed by atoms with Crippen molar-refractivity contribution in [1.82, 2.24) is 9.88 Å². The van der Waals surface area contributed by atoms with Crippen LogP contribution >= 0.6 is 12.2 Å². The van der Waals surface area contributed by atoms with Crippen LogP contribution in [0, 0.1) is 0 Å². The van der Waals surface area contributed by atoms with Gasteiger partial charge in [0.25, 0.3) is 0 Å². The molecule has 0 aliphatic heterocycles. The summed E-state index contributed by atoms with van der Waals surface area (Å²) in [6.45, 7) is 1.83. The first kappa shape index (κ1) is 14.6. The summed E-state index contributed by atoms with van der Waals surface area (Å²) in [5, 5.41) is 0. The van der Waals surface area contributed by atoms with Gasteiger partial charge in [-0.15, -0.1) is 0 Å². The highest BCUT2D eigenvalue weighted by molar-refractivity contribution is 7.80. The molecule has 0 saturated heterocycles. The van der Waals surface area contributed by atoms with Crippen LogP contribution in [-0.2, 0) is 13.0 Å². The van der Waals surface area contributed by atoms with E-state index in [1.165, 1.54) is 11.1 Å². The molecule has 104 valence electrons. The first-order valence-corrected chi connectivity index (χ1v) is 7.03. The van der Waals surface area contributed by atoms with Gasteiger partial charge in [-0.05, 0) is 36.7 Å². The monoisotopic (exact) mass is 285 g/mol. The molecule has 0 fully saturated rings. The molecule has 0 amide bonds. The lowest BCUT2D eigenvalue weighted by atomic mass is 10.1. The molecule has 0 aliphatic rings. The zero-order valence-electron chi connectivity index (χ0n) is 11.6. The van der Waals surface area contributed by atoms with Crippen molar-refractivity contribution in [2.24, 2.45) is 5.73 Å². The molecule has 0 bridgehead atoms. The Morgan fingerprint density at radius 1 is 1.20 bits per heavy atom. The van der Waals surface area contributed by atoms with E-state index in [2.05, 4.69) is 35.1 Å². The van der Waals surface area contributed by atoms with E-state index in [1.807, 2.05) is 30.6 Å². The van der Waals surface area contributed by atoms with Crippen LogP contribution in [0.3, 0.4) is 0 Å². The minimum absolute atomic E-state index is 0.461. The Hall–Kier alpha value is -1.78. The number of nitrogens with two attached hydrogens (primary N) is 1. The Bertz CT molecular complexity index is 569. The van der Waals surface area contributed by atoms with Gasteiger partial charge >= 0.3 is 0 Å². The summed E-state index contributed by atoms with van der Waals surface area (Å²) >= 11 is 5.10. The molecule has 2 aromatic rings. The smallest absolute Gasteiger partial charge is 0.104 e. The number of pyridine rings is 1. The number of rotatable bonds is 6. The molecule has 0 spiro atoms. The molecule has 0 atom stereocenters. The second-order valence-electron chi connectivity index (χ2n) is 4.86. The first-order chi connectivity index (χ1) is 9.66. The number of hydrogen-bond donors (Lipinski definition) is 1. The lowest BCUT2D eigenvalue weighted by molar-refractivity contribution is 0.331. The first-order valence-electron chi connectivity index (χ1n) is 6.62. The summed E-state index contributed by atoms with van der Waals surface area (Å²) in [5.74, 6) is 0. The van der Waals surface area contributed by atoms with Crippen molar-refractivity contribution in [1.29, 1.82) is 0 Å². The topological polar surface area (TPSA) is 42.2 Å². The average molecular weight is 285 g/mol. The maximum absolute atomic E-state index is 5.76. The van der Waals surface area contributed by atoms with Gasteiger partial charge in [0, 0.05) is 31.0 Å². The zero-order valence-corrected chi connectivity index (χ0v) is 12.4. The van der Waals surface area contributed by atoms with Gasteiger partial charge in [-0.2, -0.15) is 0 Å². The highest BCUT2D eigenvalue weighted by Crippen LogP contribution is 2.11. The van der Waals surface area contributed by atoms with Crippen LogP contribution in [0.4, 0.5) is 0 Å². The molecule has 20 heavy (non-hydrogen) atoms. The third-order valence-corrected chi connectivity index (χ3v) is 3.47. The lowest BCUT2D eigenvalue weighted by Crippen LogP contribution is -2.23. The number of aromatic nitrogens is 1. The highest BCUT2D eigenvalue weighted by atomic mass is 32.1. The molecule has 1 aromatic heterocycles. The molecule has 1 aromatic carbocycles. The molecule has 0 unspecified atom stereocenters. The Kier molecular flexibility index (Phi) is 5.21. The average Bonchev–Trinajstić information content (AvgIpc) is 2.46. The summed E-state index contributed by atoms with van der Waals surface area (Å²) in [7, 11) is 2.11. The second kappa shape index (κ2) is 7.12. The van der Waals surface area contributed by atoms with Gasteiger partial charge in [0.15, 0.2) is 0 Å². The van der Waals surface area contributed by atoms with Crippen LogP contribution in [0.25, 0.3) is 0 Å². The summed E-state index contributed by atoms with van der Waals surface area (Å²) in [5.41, 5.74) is 9.21. The molecular formula is C16H19N3S. The van der Waals surface area contributed by atoms with Crippen LogP contribution in [-0.4, -0.2) is 28.5 Å². The minimum atomic E-state index is 0.461. The molecule has 0 saturated carbocycles. The predicted octanol–water partition coefficient (Wildman–Crippen LogP) is 2.39. The molecule has 0 aliphatic carbocycles. The van der Waals surface area contributed by atoms with Gasteiger partial charge in [-0.25, -0.2) is 0 Å². The Balaban J connectivity index is 1.95. The van der Waals surface area contributed by atoms with Crippen LogP contribution in [0.1, 0.15) is 16.7 Å². The van der Waals surface area contributed by atoms with Gasteiger partial charge in [-0.3, -0.25) is 4.98 Å². The number of nitrogens with zero attached hydrogens (tertiary/aromatic N) is 2. The number of hydrogen-bond acceptors (Lipinski definition) is 3. The lowest BCUT2D eigenvalue weighted by Gasteiger charge is -2.18. The van der Waals surface area contributed by atoms with Crippen LogP contribution in [0.2, 0.25) is 0 Å². The van der Waals surface area contributed by atoms with E-state index >= 15 is 0 Å². The van der Waals surface area contributed by atoms with Gasteiger partial charge in [0.05, 0.1) is 0 Å². The van der Waals surface area contributed by atoms with Crippen molar-refractivity contribution < 1.29 is 0 Å². The SMILES string of the molecule is CN(CCc1ccncc1)Cc1ccccc1C(N)=S. The Morgan fingerprint density at radius 3 is 2.60 bits per heavy atom. The van der Waals surface area contributed by atoms with E-state index < -0.39 is 0 Å². The zero-order chi connectivity index (χ0) is 14.4. The fraction of sp³-hybridized carbons (Fsp3) is 0.250. The van der Waals surface area contributed by atoms with Gasteiger partial charge in [0.2, 0.25) is 0 Å². The summed E-state index contributed by atoms with van der Waals surface area (Å²) in [6, 6.07) is 12.2. The molecule has 0 radical (unpaired) electrons. The van der Waals surface area contributed by atoms with Gasteiger partial charge in [-0.1, -0.05) is 36.5 Å². The third kappa shape index (κ3) is 4.11. The van der Waals surface area contributed by atoms with Crippen LogP contribution in [0.5, 0.6) is 0 Å². The highest BCUT2D eigenvalue weighted by Gasteiger charge is 2.07. The quantitative estimate of drug-likeness (QED) is 0.828. The largest absolute Gasteiger partial charge is 0.389 e. The van der Waals surface area contributed by atoms with Crippen molar-refractivity contribution in [2.75, 3.05) is 13.6 Å². The van der Waals surface area contributed by atoms with E-state index in [0.717, 1.165) is 25.1 Å². The fourth-order valence-corrected chi connectivity index (χ4v) is 2.34. The Morgan fingerprint density at radius 2 is 1.90 bits per heavy atom. The minimum Gasteiger partial charge on any atom is -0.389 e. The number of likely N-dealkylation sites (N-methyl/N-ethyl adjacent to an activating group) is 1. The maximum atomic E-state index is 5.76. The summed E-state index contributed by atoms with van der Waals surface area (Å²) < 4.78 is 0. The molecule has 2 N–H and O–H groups in total. The van der Waals surface area contributed by atoms with E-state index in [1.54, 1.807) is 0 Å². The molecule has 4 heteroatoms. The van der Waals surface area contributed by atoms with Crippen LogP contribution < -0.4 is 5.73 Å². The van der Waals surface area contributed by atoms with E-state index in [4.69, 9.17) is 18.0 Å². The van der Waals surface area contributed by atoms with E-state index in [9.17, 15) is 0 Å².